The fourth-order valence-electron chi connectivity index (χ4n) is 0. The molecular weight excluding hydrogens is 188 g/mol. The van der Waals surface area contributed by atoms with Gasteiger partial charge < -0.3 is 0 Å². The van der Waals surface area contributed by atoms with Crippen LogP contribution in [-0.4, -0.2) is 19.2 Å². The molecule has 0 aromatic rings. The summed E-state index contributed by atoms with van der Waals surface area (Å²) in [4.78, 5) is 0. The van der Waals surface area contributed by atoms with E-state index < -0.39 is 10.1 Å². The van der Waals surface area contributed by atoms with Gasteiger partial charge in [0.25, 0.3) is 10.1 Å². The summed E-state index contributed by atoms with van der Waals surface area (Å²) in [5.74, 6) is 0. The zero-order valence-corrected chi connectivity index (χ0v) is 10.9. The third-order valence-corrected chi connectivity index (χ3v) is 0.500. The van der Waals surface area contributed by atoms with Gasteiger partial charge >= 0.3 is 0 Å². The van der Waals surface area contributed by atoms with Crippen LogP contribution in [0.15, 0.2) is 0 Å². The molecular formula is C9H26O3S. The van der Waals surface area contributed by atoms with Crippen LogP contribution in [0.5, 0.6) is 0 Å². The molecule has 0 aliphatic heterocycles. The van der Waals surface area contributed by atoms with Crippen molar-refractivity contribution < 1.29 is 13.0 Å². The van der Waals surface area contributed by atoms with E-state index in [-0.39, 0.29) is 0 Å². The van der Waals surface area contributed by atoms with Gasteiger partial charge in [-0.05, 0) is 0 Å². The third kappa shape index (κ3) is 1410. The van der Waals surface area contributed by atoms with Crippen LogP contribution in [-0.2, 0) is 10.1 Å². The van der Waals surface area contributed by atoms with Crippen LogP contribution >= 0.6 is 0 Å². The van der Waals surface area contributed by atoms with Crippen molar-refractivity contribution >= 4 is 10.1 Å². The number of unbranched alkanes of at least 4 members (excludes halogenated alkanes) is 1. The molecule has 0 aromatic heterocycles. The fourth-order valence-corrected chi connectivity index (χ4v) is 0. The molecule has 4 heteroatoms. The Morgan fingerprint density at radius 1 is 0.923 bits per heavy atom. The quantitative estimate of drug-likeness (QED) is 0.681. The number of hydrogen-bond acceptors (Lipinski definition) is 2. The van der Waals surface area contributed by atoms with Gasteiger partial charge in [0.1, 0.15) is 0 Å². The Kier molecular flexibility index (Phi) is 40.2. The lowest BCUT2D eigenvalue weighted by Gasteiger charge is -1.69. The Bertz CT molecular complexity index is 118. The molecule has 0 aliphatic carbocycles. The van der Waals surface area contributed by atoms with Gasteiger partial charge in [-0.3, -0.25) is 4.55 Å². The Morgan fingerprint density at radius 2 is 1.00 bits per heavy atom. The second-order valence-electron chi connectivity index (χ2n) is 1.73. The van der Waals surface area contributed by atoms with Crippen molar-refractivity contribution in [3.63, 3.8) is 0 Å². The van der Waals surface area contributed by atoms with Crippen molar-refractivity contribution in [2.75, 3.05) is 6.26 Å². The van der Waals surface area contributed by atoms with Gasteiger partial charge in [0.05, 0.1) is 6.26 Å². The minimum atomic E-state index is -3.67. The van der Waals surface area contributed by atoms with Gasteiger partial charge in [0.15, 0.2) is 0 Å². The average molecular weight is 214 g/mol. The summed E-state index contributed by atoms with van der Waals surface area (Å²) in [6.45, 7) is 12.4. The van der Waals surface area contributed by atoms with E-state index in [1.165, 1.54) is 12.8 Å². The average Bonchev–Trinajstić information content (AvgIpc) is 2.08. The van der Waals surface area contributed by atoms with Crippen LogP contribution in [0, 0.1) is 0 Å². The van der Waals surface area contributed by atoms with Crippen molar-refractivity contribution in [1.82, 2.24) is 0 Å². The lowest BCUT2D eigenvalue weighted by Crippen LogP contribution is -1.88. The normalized spacial score (nSPS) is 7.69. The zero-order valence-electron chi connectivity index (χ0n) is 10.1. The second kappa shape index (κ2) is 22.7. The lowest BCUT2D eigenvalue weighted by atomic mass is 10.4. The number of hydrogen-bond donors (Lipinski definition) is 1. The molecule has 0 fully saturated rings. The Labute approximate surface area is 84.3 Å². The highest BCUT2D eigenvalue weighted by atomic mass is 32.2. The van der Waals surface area contributed by atoms with E-state index in [0.717, 1.165) is 0 Å². The van der Waals surface area contributed by atoms with Crippen LogP contribution < -0.4 is 0 Å². The maximum absolute atomic E-state index is 9.19. The van der Waals surface area contributed by atoms with Gasteiger partial charge in [-0.2, -0.15) is 8.42 Å². The van der Waals surface area contributed by atoms with Gasteiger partial charge in [-0.15, -0.1) is 0 Å². The molecule has 13 heavy (non-hydrogen) atoms. The molecule has 1 N–H and O–H groups in total. The molecule has 0 unspecified atom stereocenters. The highest BCUT2D eigenvalue weighted by Gasteiger charge is 1.81. The Morgan fingerprint density at radius 3 is 1.00 bits per heavy atom. The summed E-state index contributed by atoms with van der Waals surface area (Å²) in [5.41, 5.74) is 0. The highest BCUT2D eigenvalue weighted by molar-refractivity contribution is 7.85. The van der Waals surface area contributed by atoms with E-state index in [0.29, 0.717) is 6.26 Å². The van der Waals surface area contributed by atoms with Crippen LogP contribution in [0.25, 0.3) is 0 Å². The molecule has 86 valence electrons. The molecule has 0 atom stereocenters. The van der Waals surface area contributed by atoms with E-state index in [2.05, 4.69) is 13.8 Å². The fraction of sp³-hybridized carbons (Fsp3) is 1.00. The minimum absolute atomic E-state index is 0.715. The molecule has 0 aliphatic rings. The van der Waals surface area contributed by atoms with Crippen LogP contribution in [0.1, 0.15) is 54.4 Å². The van der Waals surface area contributed by atoms with Crippen LogP contribution in [0.4, 0.5) is 0 Å². The second-order valence-corrected chi connectivity index (χ2v) is 3.20. The van der Waals surface area contributed by atoms with E-state index in [9.17, 15) is 8.42 Å². The van der Waals surface area contributed by atoms with Crippen molar-refractivity contribution in [2.24, 2.45) is 0 Å². The molecule has 0 bridgehead atoms. The van der Waals surface area contributed by atoms with Crippen molar-refractivity contribution in [1.29, 1.82) is 0 Å². The molecule has 0 radical (unpaired) electrons. The smallest absolute Gasteiger partial charge is 0.261 e. The van der Waals surface area contributed by atoms with Crippen LogP contribution in [0.2, 0.25) is 0 Å². The topological polar surface area (TPSA) is 54.4 Å². The molecule has 0 saturated heterocycles. The SMILES string of the molecule is CC.CC.CCCC.CS(=O)(=O)O. The third-order valence-electron chi connectivity index (χ3n) is 0.500. The maximum Gasteiger partial charge on any atom is 0.261 e. The van der Waals surface area contributed by atoms with Crippen molar-refractivity contribution in [3.8, 4) is 0 Å². The zero-order chi connectivity index (χ0) is 11.9. The molecule has 0 heterocycles. The van der Waals surface area contributed by atoms with E-state index in [4.69, 9.17) is 4.55 Å². The molecule has 0 rings (SSSR count). The molecule has 0 amide bonds. The summed E-state index contributed by atoms with van der Waals surface area (Å²) in [6.07, 6.45) is 3.35. The first-order valence-electron chi connectivity index (χ1n) is 4.84. The predicted octanol–water partition coefficient (Wildman–Crippen LogP) is 3.36. The highest BCUT2D eigenvalue weighted by Crippen LogP contribution is 1.76. The van der Waals surface area contributed by atoms with Gasteiger partial charge in [0, 0.05) is 0 Å². The summed E-state index contributed by atoms with van der Waals surface area (Å²) >= 11 is 0. The lowest BCUT2D eigenvalue weighted by molar-refractivity contribution is 0.490. The summed E-state index contributed by atoms with van der Waals surface area (Å²) in [7, 11) is -3.67. The maximum atomic E-state index is 9.19. The molecule has 3 nitrogen and oxygen atoms in total. The monoisotopic (exact) mass is 214 g/mol. The molecule has 0 spiro atoms. The standard InChI is InChI=1S/C4H10.2C2H6.CH4O3S/c1-3-4-2;2*1-2;1-5(2,3)4/h3-4H2,1-2H3;2*1-2H3;1H3,(H,2,3,4). The first kappa shape index (κ1) is 23.1. The first-order chi connectivity index (χ1) is 5.91. The summed E-state index contributed by atoms with van der Waals surface area (Å²) in [6, 6.07) is 0. The number of rotatable bonds is 1. The molecule has 0 aromatic carbocycles. The van der Waals surface area contributed by atoms with E-state index >= 15 is 0 Å². The van der Waals surface area contributed by atoms with Gasteiger partial charge in [-0.1, -0.05) is 54.4 Å². The summed E-state index contributed by atoms with van der Waals surface area (Å²) < 4.78 is 25.9. The van der Waals surface area contributed by atoms with Crippen molar-refractivity contribution in [3.05, 3.63) is 0 Å². The van der Waals surface area contributed by atoms with Gasteiger partial charge in [-0.25, -0.2) is 0 Å². The van der Waals surface area contributed by atoms with Crippen LogP contribution in [0.3, 0.4) is 0 Å². The van der Waals surface area contributed by atoms with Gasteiger partial charge in [0.2, 0.25) is 0 Å². The molecule has 0 saturated carbocycles. The minimum Gasteiger partial charge on any atom is -0.286 e. The first-order valence-corrected chi connectivity index (χ1v) is 6.69. The largest absolute Gasteiger partial charge is 0.286 e. The van der Waals surface area contributed by atoms with E-state index in [1.54, 1.807) is 0 Å². The van der Waals surface area contributed by atoms with Crippen molar-refractivity contribution in [2.45, 2.75) is 54.4 Å². The Hall–Kier alpha value is -0.0900. The predicted molar refractivity (Wildman–Crippen MR) is 60.8 cm³/mol. The van der Waals surface area contributed by atoms with E-state index in [1.807, 2.05) is 27.7 Å². The summed E-state index contributed by atoms with van der Waals surface area (Å²) in [5, 5.41) is 0. The Balaban J connectivity index is -0.0000000457.